The standard InChI is InChI=1S/C25H30N4O5/c1-15-7-9-26-17(11-15)19-24(22(31)33-5)13-28(3)14-25(21(24)30,23(32)34-6)20(29(19)4)18-12-16(2)8-10-27-18/h7-12,19-20H,13-14H2,1-6H3/t19-,20+,24?,25?. The van der Waals surface area contributed by atoms with Crippen molar-refractivity contribution < 1.29 is 23.9 Å². The molecule has 0 amide bonds. The summed E-state index contributed by atoms with van der Waals surface area (Å²) in [5.74, 6) is -1.92. The van der Waals surface area contributed by atoms with E-state index in [1.807, 2.05) is 47.9 Å². The minimum atomic E-state index is -1.69. The second-order valence-corrected chi connectivity index (χ2v) is 9.41. The average molecular weight is 467 g/mol. The number of hydrogen-bond donors (Lipinski definition) is 0. The van der Waals surface area contributed by atoms with E-state index >= 15 is 0 Å². The zero-order valence-corrected chi connectivity index (χ0v) is 20.4. The van der Waals surface area contributed by atoms with Gasteiger partial charge in [0.05, 0.1) is 37.7 Å². The molecule has 9 heteroatoms. The molecule has 180 valence electrons. The number of esters is 2. The highest BCUT2D eigenvalue weighted by Crippen LogP contribution is 2.60. The van der Waals surface area contributed by atoms with Gasteiger partial charge in [-0.2, -0.15) is 0 Å². The molecular formula is C25H30N4O5. The number of fused-ring (bicyclic) bond motifs is 2. The Morgan fingerprint density at radius 1 is 0.882 bits per heavy atom. The fourth-order valence-electron chi connectivity index (χ4n) is 5.96. The van der Waals surface area contributed by atoms with Crippen molar-refractivity contribution in [1.82, 2.24) is 19.8 Å². The highest BCUT2D eigenvalue weighted by Gasteiger charge is 2.75. The van der Waals surface area contributed by atoms with Crippen LogP contribution in [-0.2, 0) is 23.9 Å². The third kappa shape index (κ3) is 3.25. The van der Waals surface area contributed by atoms with Crippen LogP contribution in [0, 0.1) is 24.7 Å². The number of carbonyl (C=O) groups is 3. The number of piperidine rings is 2. The fourth-order valence-corrected chi connectivity index (χ4v) is 5.96. The number of nitrogens with zero attached hydrogens (tertiary/aromatic N) is 4. The van der Waals surface area contributed by atoms with Crippen LogP contribution in [0.15, 0.2) is 36.7 Å². The number of pyridine rings is 2. The van der Waals surface area contributed by atoms with Crippen molar-refractivity contribution in [3.63, 3.8) is 0 Å². The number of ether oxygens (including phenoxy) is 2. The van der Waals surface area contributed by atoms with E-state index in [0.29, 0.717) is 11.4 Å². The first-order valence-electron chi connectivity index (χ1n) is 11.1. The van der Waals surface area contributed by atoms with E-state index in [1.54, 1.807) is 26.5 Å². The fraction of sp³-hybridized carbons (Fsp3) is 0.480. The molecule has 0 N–H and O–H groups in total. The van der Waals surface area contributed by atoms with Crippen molar-refractivity contribution in [2.24, 2.45) is 10.8 Å². The molecule has 2 fully saturated rings. The summed E-state index contributed by atoms with van der Waals surface area (Å²) in [5, 5.41) is 0. The summed E-state index contributed by atoms with van der Waals surface area (Å²) in [5.41, 5.74) is -0.409. The molecular weight excluding hydrogens is 436 g/mol. The molecule has 4 heterocycles. The molecule has 0 aliphatic carbocycles. The van der Waals surface area contributed by atoms with Crippen LogP contribution in [0.3, 0.4) is 0 Å². The van der Waals surface area contributed by atoms with Crippen LogP contribution in [0.2, 0.25) is 0 Å². The molecule has 2 aliphatic rings. The van der Waals surface area contributed by atoms with Gasteiger partial charge in [0.25, 0.3) is 0 Å². The van der Waals surface area contributed by atoms with Crippen molar-refractivity contribution in [2.75, 3.05) is 41.4 Å². The number of carbonyl (C=O) groups excluding carboxylic acids is 3. The first kappa shape index (κ1) is 24.0. The van der Waals surface area contributed by atoms with Crippen molar-refractivity contribution in [2.45, 2.75) is 25.9 Å². The van der Waals surface area contributed by atoms with Crippen LogP contribution in [0.5, 0.6) is 0 Å². The molecule has 2 aromatic heterocycles. The first-order valence-corrected chi connectivity index (χ1v) is 11.1. The van der Waals surface area contributed by atoms with E-state index < -0.39 is 40.6 Å². The Balaban J connectivity index is 2.09. The van der Waals surface area contributed by atoms with Crippen molar-refractivity contribution in [3.05, 3.63) is 59.2 Å². The van der Waals surface area contributed by atoms with E-state index in [1.165, 1.54) is 14.2 Å². The summed E-state index contributed by atoms with van der Waals surface area (Å²) >= 11 is 0. The lowest BCUT2D eigenvalue weighted by atomic mass is 9.54. The van der Waals surface area contributed by atoms with E-state index in [9.17, 15) is 14.4 Å². The highest BCUT2D eigenvalue weighted by atomic mass is 16.5. The van der Waals surface area contributed by atoms with E-state index in [0.717, 1.165) is 11.1 Å². The second-order valence-electron chi connectivity index (χ2n) is 9.41. The van der Waals surface area contributed by atoms with Crippen LogP contribution in [0.1, 0.15) is 34.6 Å². The quantitative estimate of drug-likeness (QED) is 0.492. The van der Waals surface area contributed by atoms with Crippen LogP contribution < -0.4 is 0 Å². The summed E-state index contributed by atoms with van der Waals surface area (Å²) in [6.07, 6.45) is 3.31. The average Bonchev–Trinajstić information content (AvgIpc) is 2.80. The summed E-state index contributed by atoms with van der Waals surface area (Å²) in [6, 6.07) is 5.84. The number of hydrogen-bond acceptors (Lipinski definition) is 9. The number of methoxy groups -OCH3 is 2. The Morgan fingerprint density at radius 3 is 1.65 bits per heavy atom. The molecule has 0 aromatic carbocycles. The lowest BCUT2D eigenvalue weighted by Gasteiger charge is -2.60. The molecule has 2 aliphatic heterocycles. The lowest BCUT2D eigenvalue weighted by molar-refractivity contribution is -0.202. The number of rotatable bonds is 4. The molecule has 4 rings (SSSR count). The Bertz CT molecular complexity index is 1070. The third-order valence-corrected chi connectivity index (χ3v) is 7.13. The normalized spacial score (nSPS) is 29.5. The van der Waals surface area contributed by atoms with Gasteiger partial charge in [-0.15, -0.1) is 0 Å². The molecule has 2 aromatic rings. The number of ketones is 1. The van der Waals surface area contributed by atoms with Crippen LogP contribution in [0.4, 0.5) is 0 Å². The monoisotopic (exact) mass is 466 g/mol. The zero-order valence-electron chi connectivity index (χ0n) is 20.4. The van der Waals surface area contributed by atoms with E-state index in [2.05, 4.69) is 9.97 Å². The number of likely N-dealkylation sites (tertiary alicyclic amines) is 2. The molecule has 0 spiro atoms. The number of Topliss-reactive ketones (excluding diaryl/α,β-unsaturated/α-hetero) is 1. The van der Waals surface area contributed by atoms with Gasteiger partial charge < -0.3 is 14.4 Å². The Labute approximate surface area is 199 Å². The summed E-state index contributed by atoms with van der Waals surface area (Å²) < 4.78 is 10.5. The minimum Gasteiger partial charge on any atom is -0.468 e. The topological polar surface area (TPSA) is 102 Å². The maximum absolute atomic E-state index is 14.6. The maximum atomic E-state index is 14.6. The van der Waals surface area contributed by atoms with Crippen LogP contribution in [0.25, 0.3) is 0 Å². The van der Waals surface area contributed by atoms with Crippen LogP contribution in [-0.4, -0.2) is 78.9 Å². The Morgan fingerprint density at radius 2 is 1.29 bits per heavy atom. The Kier molecular flexibility index (Phi) is 6.03. The zero-order chi connectivity index (χ0) is 24.8. The maximum Gasteiger partial charge on any atom is 0.322 e. The molecule has 0 radical (unpaired) electrons. The molecule has 4 atom stereocenters. The second kappa shape index (κ2) is 8.56. The summed E-state index contributed by atoms with van der Waals surface area (Å²) in [4.78, 5) is 54.5. The lowest BCUT2D eigenvalue weighted by Crippen LogP contribution is -2.75. The molecule has 34 heavy (non-hydrogen) atoms. The van der Waals surface area contributed by atoms with Gasteiger partial charge in [-0.05, 0) is 63.3 Å². The molecule has 2 saturated heterocycles. The van der Waals surface area contributed by atoms with E-state index in [4.69, 9.17) is 9.47 Å². The van der Waals surface area contributed by atoms with Crippen LogP contribution >= 0.6 is 0 Å². The predicted octanol–water partition coefficient (Wildman–Crippen LogP) is 1.65. The van der Waals surface area contributed by atoms with Gasteiger partial charge >= 0.3 is 11.9 Å². The van der Waals surface area contributed by atoms with Gasteiger partial charge in [-0.1, -0.05) is 0 Å². The largest absolute Gasteiger partial charge is 0.468 e. The smallest absolute Gasteiger partial charge is 0.322 e. The minimum absolute atomic E-state index is 0.0792. The molecule has 9 nitrogen and oxygen atoms in total. The van der Waals surface area contributed by atoms with Gasteiger partial charge in [0.15, 0.2) is 16.6 Å². The molecule has 0 saturated carbocycles. The van der Waals surface area contributed by atoms with Gasteiger partial charge in [0.1, 0.15) is 0 Å². The Hall–Kier alpha value is -3.17. The first-order chi connectivity index (χ1) is 16.1. The van der Waals surface area contributed by atoms with E-state index in [-0.39, 0.29) is 13.1 Å². The predicted molar refractivity (Wildman–Crippen MR) is 123 cm³/mol. The van der Waals surface area contributed by atoms with Crippen molar-refractivity contribution >= 4 is 17.7 Å². The molecule has 2 bridgehead atoms. The van der Waals surface area contributed by atoms with Crippen molar-refractivity contribution in [3.8, 4) is 0 Å². The molecule has 2 unspecified atom stereocenters. The van der Waals surface area contributed by atoms with Gasteiger partial charge in [0, 0.05) is 25.5 Å². The number of aromatic nitrogens is 2. The van der Waals surface area contributed by atoms with Crippen molar-refractivity contribution in [1.29, 1.82) is 0 Å². The van der Waals surface area contributed by atoms with Gasteiger partial charge in [-0.25, -0.2) is 0 Å². The van der Waals surface area contributed by atoms with Gasteiger partial charge in [-0.3, -0.25) is 29.3 Å². The summed E-state index contributed by atoms with van der Waals surface area (Å²) in [7, 11) is 6.10. The summed E-state index contributed by atoms with van der Waals surface area (Å²) in [6.45, 7) is 4.00. The SMILES string of the molecule is COC(=O)C12CN(C)CC(C(=O)OC)(C1=O)[C@@H](c1cc(C)ccn1)N(C)[C@H]2c1cc(C)ccn1. The highest BCUT2D eigenvalue weighted by molar-refractivity contribution is 6.17. The number of aryl methyl sites for hydroxylation is 2. The van der Waals surface area contributed by atoms with Gasteiger partial charge in [0.2, 0.25) is 0 Å². The third-order valence-electron chi connectivity index (χ3n) is 7.13.